The minimum Gasteiger partial charge on any atom is -0.318 e. The van der Waals surface area contributed by atoms with Gasteiger partial charge in [-0.2, -0.15) is 0 Å². The van der Waals surface area contributed by atoms with Gasteiger partial charge in [0, 0.05) is 25.2 Å². The Balaban J connectivity index is 2.70. The lowest BCUT2D eigenvalue weighted by molar-refractivity contribution is 0.260. The molecule has 0 radical (unpaired) electrons. The van der Waals surface area contributed by atoms with Gasteiger partial charge in [-0.15, -0.1) is 0 Å². The first-order chi connectivity index (χ1) is 8.19. The topological polar surface area (TPSA) is 15.3 Å². The first-order valence-electron chi connectivity index (χ1n) is 5.98. The summed E-state index contributed by atoms with van der Waals surface area (Å²) in [5.74, 6) is -0.925. The molecule has 1 aromatic rings. The second-order valence-corrected chi connectivity index (χ2v) is 4.08. The lowest BCUT2D eigenvalue weighted by atomic mass is 10.2. The van der Waals surface area contributed by atoms with Gasteiger partial charge in [-0.1, -0.05) is 13.0 Å². The number of likely N-dealkylation sites (N-methyl/N-ethyl adjacent to an activating group) is 1. The van der Waals surface area contributed by atoms with Crippen molar-refractivity contribution >= 4 is 0 Å². The van der Waals surface area contributed by atoms with Crippen molar-refractivity contribution in [3.63, 3.8) is 0 Å². The summed E-state index contributed by atoms with van der Waals surface area (Å²) in [4.78, 5) is 2.05. The molecule has 0 atom stereocenters. The van der Waals surface area contributed by atoms with Crippen molar-refractivity contribution in [2.45, 2.75) is 19.9 Å². The molecule has 4 heteroatoms. The summed E-state index contributed by atoms with van der Waals surface area (Å²) < 4.78 is 27.0. The van der Waals surface area contributed by atoms with E-state index in [1.165, 1.54) is 18.2 Å². The van der Waals surface area contributed by atoms with E-state index < -0.39 is 11.6 Å². The third kappa shape index (κ3) is 4.40. The zero-order chi connectivity index (χ0) is 12.7. The Morgan fingerprint density at radius 2 is 1.82 bits per heavy atom. The van der Waals surface area contributed by atoms with E-state index in [-0.39, 0.29) is 5.56 Å². The summed E-state index contributed by atoms with van der Waals surface area (Å²) in [6.07, 6.45) is 0.972. The van der Waals surface area contributed by atoms with Crippen molar-refractivity contribution in [3.05, 3.63) is 35.4 Å². The van der Waals surface area contributed by atoms with Gasteiger partial charge < -0.3 is 5.32 Å². The second kappa shape index (κ2) is 7.35. The molecule has 1 rings (SSSR count). The van der Waals surface area contributed by atoms with E-state index in [1.54, 1.807) is 0 Å². The molecule has 2 nitrogen and oxygen atoms in total. The second-order valence-electron chi connectivity index (χ2n) is 4.08. The molecule has 0 amide bonds. The highest BCUT2D eigenvalue weighted by atomic mass is 19.1. The lowest BCUT2D eigenvalue weighted by Gasteiger charge is -2.22. The standard InChI is InChI=1S/C13H20F2N2/c1-3-8-17(9-7-16-2)10-11-12(14)5-4-6-13(11)15/h4-6,16H,3,7-10H2,1-2H3. The molecule has 96 valence electrons. The van der Waals surface area contributed by atoms with Crippen LogP contribution in [0, 0.1) is 11.6 Å². The van der Waals surface area contributed by atoms with Crippen LogP contribution in [0.15, 0.2) is 18.2 Å². The van der Waals surface area contributed by atoms with Gasteiger partial charge in [0.15, 0.2) is 0 Å². The third-order valence-electron chi connectivity index (χ3n) is 2.66. The number of rotatable bonds is 7. The van der Waals surface area contributed by atoms with Gasteiger partial charge in [-0.25, -0.2) is 8.78 Å². The molecule has 0 spiro atoms. The van der Waals surface area contributed by atoms with Gasteiger partial charge in [-0.3, -0.25) is 4.90 Å². The highest BCUT2D eigenvalue weighted by Crippen LogP contribution is 2.14. The first-order valence-corrected chi connectivity index (χ1v) is 5.98. The summed E-state index contributed by atoms with van der Waals surface area (Å²) in [6, 6.07) is 4.01. The summed E-state index contributed by atoms with van der Waals surface area (Å²) in [5, 5.41) is 3.04. The first kappa shape index (κ1) is 14.1. The fourth-order valence-electron chi connectivity index (χ4n) is 1.76. The molecule has 0 aliphatic heterocycles. The minimum atomic E-state index is -0.462. The molecule has 1 aromatic carbocycles. The molecule has 0 saturated carbocycles. The van der Waals surface area contributed by atoms with Crippen LogP contribution >= 0.6 is 0 Å². The molecule has 0 aromatic heterocycles. The van der Waals surface area contributed by atoms with E-state index in [0.29, 0.717) is 6.54 Å². The number of hydrogen-bond acceptors (Lipinski definition) is 2. The van der Waals surface area contributed by atoms with Crippen LogP contribution in [-0.2, 0) is 6.54 Å². The van der Waals surface area contributed by atoms with Crippen LogP contribution in [0.3, 0.4) is 0 Å². The van der Waals surface area contributed by atoms with E-state index in [2.05, 4.69) is 17.1 Å². The fraction of sp³-hybridized carbons (Fsp3) is 0.538. The average molecular weight is 242 g/mol. The minimum absolute atomic E-state index is 0.164. The molecule has 0 unspecified atom stereocenters. The Bertz CT molecular complexity index is 322. The molecule has 1 N–H and O–H groups in total. The van der Waals surface area contributed by atoms with Crippen LogP contribution < -0.4 is 5.32 Å². The van der Waals surface area contributed by atoms with Crippen LogP contribution in [0.1, 0.15) is 18.9 Å². The van der Waals surface area contributed by atoms with Crippen LogP contribution in [0.2, 0.25) is 0 Å². The average Bonchev–Trinajstić information content (AvgIpc) is 2.31. The van der Waals surface area contributed by atoms with Crippen molar-refractivity contribution in [2.24, 2.45) is 0 Å². The van der Waals surface area contributed by atoms with Crippen LogP contribution in [0.25, 0.3) is 0 Å². The molecular formula is C13H20F2N2. The van der Waals surface area contributed by atoms with Crippen molar-refractivity contribution in [1.29, 1.82) is 0 Å². The predicted molar refractivity (Wildman–Crippen MR) is 65.9 cm³/mol. The van der Waals surface area contributed by atoms with E-state index in [4.69, 9.17) is 0 Å². The molecule has 17 heavy (non-hydrogen) atoms. The predicted octanol–water partition coefficient (Wildman–Crippen LogP) is 2.40. The summed E-state index contributed by atoms with van der Waals surface area (Å²) in [5.41, 5.74) is 0.164. The molecular weight excluding hydrogens is 222 g/mol. The Hall–Kier alpha value is -1.00. The van der Waals surface area contributed by atoms with Gasteiger partial charge in [0.05, 0.1) is 0 Å². The van der Waals surface area contributed by atoms with Crippen molar-refractivity contribution < 1.29 is 8.78 Å². The highest BCUT2D eigenvalue weighted by molar-refractivity contribution is 5.19. The number of hydrogen-bond donors (Lipinski definition) is 1. The smallest absolute Gasteiger partial charge is 0.130 e. The lowest BCUT2D eigenvalue weighted by Crippen LogP contribution is -2.31. The molecule has 0 aliphatic carbocycles. The maximum Gasteiger partial charge on any atom is 0.130 e. The van der Waals surface area contributed by atoms with Crippen molar-refractivity contribution in [3.8, 4) is 0 Å². The zero-order valence-corrected chi connectivity index (χ0v) is 10.5. The van der Waals surface area contributed by atoms with Crippen molar-refractivity contribution in [2.75, 3.05) is 26.7 Å². The normalized spacial score (nSPS) is 11.1. The van der Waals surface area contributed by atoms with Crippen LogP contribution in [0.5, 0.6) is 0 Å². The van der Waals surface area contributed by atoms with E-state index in [9.17, 15) is 8.78 Å². The number of nitrogens with one attached hydrogen (secondary N) is 1. The maximum atomic E-state index is 13.5. The summed E-state index contributed by atoms with van der Waals surface area (Å²) >= 11 is 0. The Morgan fingerprint density at radius 3 is 2.35 bits per heavy atom. The highest BCUT2D eigenvalue weighted by Gasteiger charge is 2.12. The number of benzene rings is 1. The van der Waals surface area contributed by atoms with E-state index >= 15 is 0 Å². The van der Waals surface area contributed by atoms with Crippen LogP contribution in [0.4, 0.5) is 8.78 Å². The maximum absolute atomic E-state index is 13.5. The molecule has 0 aliphatic rings. The van der Waals surface area contributed by atoms with Gasteiger partial charge in [0.2, 0.25) is 0 Å². The quantitative estimate of drug-likeness (QED) is 0.790. The van der Waals surface area contributed by atoms with Gasteiger partial charge in [-0.05, 0) is 32.1 Å². The SMILES string of the molecule is CCCN(CCNC)Cc1c(F)cccc1F. The Kier molecular flexibility index (Phi) is 6.08. The Morgan fingerprint density at radius 1 is 1.18 bits per heavy atom. The monoisotopic (exact) mass is 242 g/mol. The molecule has 0 fully saturated rings. The third-order valence-corrected chi connectivity index (χ3v) is 2.66. The number of halogens is 2. The summed E-state index contributed by atoms with van der Waals surface area (Å²) in [7, 11) is 1.87. The number of nitrogens with zero attached hydrogens (tertiary/aromatic N) is 1. The fourth-order valence-corrected chi connectivity index (χ4v) is 1.76. The zero-order valence-electron chi connectivity index (χ0n) is 10.5. The van der Waals surface area contributed by atoms with Gasteiger partial charge in [0.1, 0.15) is 11.6 Å². The van der Waals surface area contributed by atoms with Gasteiger partial charge in [0.25, 0.3) is 0 Å². The van der Waals surface area contributed by atoms with E-state index in [0.717, 1.165) is 26.1 Å². The molecule has 0 heterocycles. The van der Waals surface area contributed by atoms with Crippen LogP contribution in [-0.4, -0.2) is 31.6 Å². The van der Waals surface area contributed by atoms with Gasteiger partial charge >= 0.3 is 0 Å². The Labute approximate surface area is 102 Å². The summed E-state index contributed by atoms with van der Waals surface area (Å²) in [6.45, 7) is 4.84. The molecule has 0 saturated heterocycles. The largest absolute Gasteiger partial charge is 0.318 e. The van der Waals surface area contributed by atoms with E-state index in [1.807, 2.05) is 7.05 Å². The molecule has 0 bridgehead atoms. The van der Waals surface area contributed by atoms with Crippen molar-refractivity contribution in [1.82, 2.24) is 10.2 Å².